The monoisotopic (exact) mass is 340 g/mol. The molecule has 1 N–H and O–H groups in total. The number of carbonyl (C=O) groups is 2. The van der Waals surface area contributed by atoms with Crippen molar-refractivity contribution in [2.75, 3.05) is 18.0 Å². The van der Waals surface area contributed by atoms with E-state index in [9.17, 15) is 9.59 Å². The van der Waals surface area contributed by atoms with Gasteiger partial charge in [-0.3, -0.25) is 14.3 Å². The number of rotatable bonds is 7. The van der Waals surface area contributed by atoms with E-state index in [-0.39, 0.29) is 11.8 Å². The Morgan fingerprint density at radius 2 is 2.08 bits per heavy atom. The predicted octanol–water partition coefficient (Wildman–Crippen LogP) is 2.07. The van der Waals surface area contributed by atoms with Gasteiger partial charge in [0.2, 0.25) is 11.8 Å². The van der Waals surface area contributed by atoms with Gasteiger partial charge in [0.15, 0.2) is 0 Å². The average molecular weight is 340 g/mol. The summed E-state index contributed by atoms with van der Waals surface area (Å²) in [5, 5.41) is 7.14. The van der Waals surface area contributed by atoms with Gasteiger partial charge in [-0.2, -0.15) is 5.10 Å². The molecule has 6 nitrogen and oxygen atoms in total. The number of hydrogen-bond acceptors (Lipinski definition) is 3. The second-order valence-electron chi connectivity index (χ2n) is 6.41. The molecule has 0 saturated carbocycles. The SMILES string of the molecule is Cc1cnn(CCCNC(=O)CCN2C(=O)CCc3ccccc32)c1. The van der Waals surface area contributed by atoms with Crippen LogP contribution in [0.15, 0.2) is 36.7 Å². The lowest BCUT2D eigenvalue weighted by Crippen LogP contribution is -2.38. The number of nitrogens with one attached hydrogen (secondary N) is 1. The van der Waals surface area contributed by atoms with Gasteiger partial charge < -0.3 is 10.2 Å². The molecular weight excluding hydrogens is 316 g/mol. The highest BCUT2D eigenvalue weighted by Crippen LogP contribution is 2.27. The third-order valence-corrected chi connectivity index (χ3v) is 4.40. The van der Waals surface area contributed by atoms with Crippen molar-refractivity contribution in [1.82, 2.24) is 15.1 Å². The Bertz CT molecular complexity index is 753. The summed E-state index contributed by atoms with van der Waals surface area (Å²) >= 11 is 0. The molecule has 0 bridgehead atoms. The highest BCUT2D eigenvalue weighted by atomic mass is 16.2. The van der Waals surface area contributed by atoms with E-state index in [1.807, 2.05) is 48.3 Å². The fourth-order valence-electron chi connectivity index (χ4n) is 3.10. The number of hydrogen-bond donors (Lipinski definition) is 1. The summed E-state index contributed by atoms with van der Waals surface area (Å²) in [6, 6.07) is 7.92. The first-order valence-corrected chi connectivity index (χ1v) is 8.77. The van der Waals surface area contributed by atoms with Crippen LogP contribution in [0.2, 0.25) is 0 Å². The molecule has 0 spiro atoms. The van der Waals surface area contributed by atoms with E-state index >= 15 is 0 Å². The van der Waals surface area contributed by atoms with Crippen LogP contribution in [0.1, 0.15) is 30.4 Å². The van der Waals surface area contributed by atoms with Crippen LogP contribution >= 0.6 is 0 Å². The molecular formula is C19H24N4O2. The number of benzene rings is 1. The van der Waals surface area contributed by atoms with Crippen LogP contribution in [0.3, 0.4) is 0 Å². The molecule has 2 aromatic rings. The Kier molecular flexibility index (Phi) is 5.48. The number of para-hydroxylation sites is 1. The second-order valence-corrected chi connectivity index (χ2v) is 6.41. The number of amides is 2. The van der Waals surface area contributed by atoms with E-state index in [0.29, 0.717) is 25.9 Å². The molecule has 0 atom stereocenters. The molecule has 132 valence electrons. The van der Waals surface area contributed by atoms with Crippen LogP contribution in [0.5, 0.6) is 0 Å². The van der Waals surface area contributed by atoms with E-state index in [2.05, 4.69) is 10.4 Å². The largest absolute Gasteiger partial charge is 0.356 e. The molecule has 1 aromatic carbocycles. The highest BCUT2D eigenvalue weighted by molar-refractivity contribution is 5.96. The summed E-state index contributed by atoms with van der Waals surface area (Å²) in [5.41, 5.74) is 3.26. The summed E-state index contributed by atoms with van der Waals surface area (Å²) < 4.78 is 1.88. The predicted molar refractivity (Wildman–Crippen MR) is 96.3 cm³/mol. The van der Waals surface area contributed by atoms with E-state index in [0.717, 1.165) is 30.6 Å². The molecule has 2 heterocycles. The molecule has 6 heteroatoms. The fraction of sp³-hybridized carbons (Fsp3) is 0.421. The van der Waals surface area contributed by atoms with Crippen LogP contribution < -0.4 is 10.2 Å². The van der Waals surface area contributed by atoms with Gasteiger partial charge >= 0.3 is 0 Å². The van der Waals surface area contributed by atoms with Crippen LogP contribution in [-0.4, -0.2) is 34.7 Å². The zero-order valence-corrected chi connectivity index (χ0v) is 14.6. The maximum Gasteiger partial charge on any atom is 0.227 e. The molecule has 0 radical (unpaired) electrons. The zero-order valence-electron chi connectivity index (χ0n) is 14.6. The maximum atomic E-state index is 12.2. The minimum Gasteiger partial charge on any atom is -0.356 e. The van der Waals surface area contributed by atoms with Gasteiger partial charge in [0, 0.05) is 44.4 Å². The second kappa shape index (κ2) is 7.96. The lowest BCUT2D eigenvalue weighted by atomic mass is 10.0. The molecule has 0 unspecified atom stereocenters. The summed E-state index contributed by atoms with van der Waals surface area (Å²) in [6.45, 7) is 3.83. The van der Waals surface area contributed by atoms with Crippen molar-refractivity contribution in [3.05, 3.63) is 47.8 Å². The number of anilines is 1. The quantitative estimate of drug-likeness (QED) is 0.785. The lowest BCUT2D eigenvalue weighted by molar-refractivity contribution is -0.121. The van der Waals surface area contributed by atoms with Gasteiger partial charge in [0.25, 0.3) is 0 Å². The topological polar surface area (TPSA) is 67.2 Å². The third kappa shape index (κ3) is 4.47. The fourth-order valence-corrected chi connectivity index (χ4v) is 3.10. The van der Waals surface area contributed by atoms with Gasteiger partial charge in [-0.1, -0.05) is 18.2 Å². The Morgan fingerprint density at radius 3 is 2.88 bits per heavy atom. The van der Waals surface area contributed by atoms with Crippen molar-refractivity contribution in [2.24, 2.45) is 0 Å². The van der Waals surface area contributed by atoms with Crippen molar-refractivity contribution in [2.45, 2.75) is 39.2 Å². The number of aryl methyl sites for hydroxylation is 3. The first kappa shape index (κ1) is 17.2. The Balaban J connectivity index is 1.42. The zero-order chi connectivity index (χ0) is 17.6. The van der Waals surface area contributed by atoms with Crippen molar-refractivity contribution >= 4 is 17.5 Å². The van der Waals surface area contributed by atoms with Gasteiger partial charge in [0.05, 0.1) is 6.20 Å². The van der Waals surface area contributed by atoms with Crippen molar-refractivity contribution in [3.8, 4) is 0 Å². The number of carbonyl (C=O) groups excluding carboxylic acids is 2. The molecule has 1 aliphatic heterocycles. The summed E-state index contributed by atoms with van der Waals surface area (Å²) in [7, 11) is 0. The smallest absolute Gasteiger partial charge is 0.227 e. The highest BCUT2D eigenvalue weighted by Gasteiger charge is 2.23. The van der Waals surface area contributed by atoms with Crippen molar-refractivity contribution in [1.29, 1.82) is 0 Å². The molecule has 25 heavy (non-hydrogen) atoms. The van der Waals surface area contributed by atoms with Crippen LogP contribution in [0.25, 0.3) is 0 Å². The number of aromatic nitrogens is 2. The minimum absolute atomic E-state index is 0.0208. The maximum absolute atomic E-state index is 12.2. The van der Waals surface area contributed by atoms with Crippen LogP contribution in [0, 0.1) is 6.92 Å². The van der Waals surface area contributed by atoms with Gasteiger partial charge in [-0.05, 0) is 37.0 Å². The molecule has 0 aliphatic carbocycles. The Morgan fingerprint density at radius 1 is 1.24 bits per heavy atom. The summed E-state index contributed by atoms with van der Waals surface area (Å²) in [5.74, 6) is 0.0769. The van der Waals surface area contributed by atoms with Crippen LogP contribution in [0.4, 0.5) is 5.69 Å². The van der Waals surface area contributed by atoms with Crippen LogP contribution in [-0.2, 0) is 22.6 Å². The summed E-state index contributed by atoms with van der Waals surface area (Å²) in [4.78, 5) is 26.0. The Labute approximate surface area is 147 Å². The molecule has 0 saturated heterocycles. The molecule has 3 rings (SSSR count). The van der Waals surface area contributed by atoms with Gasteiger partial charge in [-0.15, -0.1) is 0 Å². The number of fused-ring (bicyclic) bond motifs is 1. The molecule has 2 amide bonds. The first-order chi connectivity index (χ1) is 12.1. The minimum atomic E-state index is -0.0208. The summed E-state index contributed by atoms with van der Waals surface area (Å²) in [6.07, 6.45) is 6.26. The first-order valence-electron chi connectivity index (χ1n) is 8.77. The molecule has 1 aromatic heterocycles. The van der Waals surface area contributed by atoms with E-state index in [4.69, 9.17) is 0 Å². The van der Waals surface area contributed by atoms with E-state index < -0.39 is 0 Å². The van der Waals surface area contributed by atoms with E-state index in [1.165, 1.54) is 5.56 Å². The third-order valence-electron chi connectivity index (χ3n) is 4.40. The lowest BCUT2D eigenvalue weighted by Gasteiger charge is -2.29. The van der Waals surface area contributed by atoms with Gasteiger partial charge in [-0.25, -0.2) is 0 Å². The van der Waals surface area contributed by atoms with Gasteiger partial charge in [0.1, 0.15) is 0 Å². The molecule has 0 fully saturated rings. The number of nitrogens with zero attached hydrogens (tertiary/aromatic N) is 3. The van der Waals surface area contributed by atoms with Crippen molar-refractivity contribution < 1.29 is 9.59 Å². The average Bonchev–Trinajstić information content (AvgIpc) is 3.03. The normalized spacial score (nSPS) is 13.6. The standard InChI is InChI=1S/C19H24N4O2/c1-15-13-21-22(14-15)11-4-10-20-18(24)9-12-23-17-6-3-2-5-16(17)7-8-19(23)25/h2-3,5-6,13-14H,4,7-12H2,1H3,(H,20,24). The molecule has 1 aliphatic rings. The van der Waals surface area contributed by atoms with E-state index in [1.54, 1.807) is 4.90 Å². The Hall–Kier alpha value is -2.63. The van der Waals surface area contributed by atoms with Crippen molar-refractivity contribution in [3.63, 3.8) is 0 Å².